The van der Waals surface area contributed by atoms with Gasteiger partial charge in [0.1, 0.15) is 22.2 Å². The molecule has 0 aliphatic heterocycles. The zero-order valence-electron chi connectivity index (χ0n) is 20.7. The van der Waals surface area contributed by atoms with Crippen LogP contribution in [0.1, 0.15) is 58.9 Å². The fraction of sp³-hybridized carbons (Fsp3) is 0.321. The number of benzene rings is 2. The van der Waals surface area contributed by atoms with Crippen molar-refractivity contribution in [3.63, 3.8) is 0 Å². The normalized spacial score (nSPS) is 11.3. The highest BCUT2D eigenvalue weighted by atomic mass is 32.1. The average Bonchev–Trinajstić information content (AvgIpc) is 3.15. The summed E-state index contributed by atoms with van der Waals surface area (Å²) < 4.78 is 5.51. The standard InChI is InChI=1S/C28H31N3O2S/c1-7-33-23-14-8-20(9-15-23)16-24(32)26-18(4)25-27(29-19(5)30-28(25)34-26)31(6)22-12-10-21(11-13-22)17(2)3/h8-15,17H,7,16H2,1-6H3. The minimum Gasteiger partial charge on any atom is -0.494 e. The lowest BCUT2D eigenvalue weighted by molar-refractivity contribution is 0.0996. The number of hydrogen-bond acceptors (Lipinski definition) is 6. The van der Waals surface area contributed by atoms with Crippen LogP contribution in [0, 0.1) is 13.8 Å². The second-order valence-corrected chi connectivity index (χ2v) is 9.81. The molecule has 0 amide bonds. The molecule has 34 heavy (non-hydrogen) atoms. The lowest BCUT2D eigenvalue weighted by Gasteiger charge is -2.20. The summed E-state index contributed by atoms with van der Waals surface area (Å²) >= 11 is 1.46. The van der Waals surface area contributed by atoms with Gasteiger partial charge in [0, 0.05) is 19.2 Å². The fourth-order valence-electron chi connectivity index (χ4n) is 4.07. The predicted molar refractivity (Wildman–Crippen MR) is 141 cm³/mol. The average molecular weight is 474 g/mol. The van der Waals surface area contributed by atoms with Gasteiger partial charge in [-0.1, -0.05) is 38.1 Å². The van der Waals surface area contributed by atoms with E-state index in [0.717, 1.165) is 43.5 Å². The van der Waals surface area contributed by atoms with Crippen LogP contribution in [0.2, 0.25) is 0 Å². The van der Waals surface area contributed by atoms with Crippen molar-refractivity contribution >= 4 is 38.8 Å². The molecular formula is C28H31N3O2S. The Morgan fingerprint density at radius 3 is 2.32 bits per heavy atom. The van der Waals surface area contributed by atoms with E-state index in [1.807, 2.05) is 52.1 Å². The van der Waals surface area contributed by atoms with Gasteiger partial charge >= 0.3 is 0 Å². The van der Waals surface area contributed by atoms with E-state index in [4.69, 9.17) is 9.72 Å². The van der Waals surface area contributed by atoms with Crippen LogP contribution in [0.15, 0.2) is 48.5 Å². The Hall–Kier alpha value is -3.25. The van der Waals surface area contributed by atoms with Crippen molar-refractivity contribution in [3.8, 4) is 5.75 Å². The van der Waals surface area contributed by atoms with E-state index >= 15 is 0 Å². The van der Waals surface area contributed by atoms with Crippen LogP contribution >= 0.6 is 11.3 Å². The predicted octanol–water partition coefficient (Wildman–Crippen LogP) is 7.02. The summed E-state index contributed by atoms with van der Waals surface area (Å²) in [5.41, 5.74) is 4.26. The summed E-state index contributed by atoms with van der Waals surface area (Å²) in [6, 6.07) is 16.3. The molecule has 4 rings (SSSR count). The maximum Gasteiger partial charge on any atom is 0.177 e. The van der Waals surface area contributed by atoms with Crippen LogP contribution in [0.5, 0.6) is 5.75 Å². The number of fused-ring (bicyclic) bond motifs is 1. The molecule has 5 nitrogen and oxygen atoms in total. The summed E-state index contributed by atoms with van der Waals surface area (Å²) in [4.78, 5) is 26.4. The fourth-order valence-corrected chi connectivity index (χ4v) is 5.23. The Labute approximate surface area is 205 Å². The van der Waals surface area contributed by atoms with Crippen LogP contribution in [0.4, 0.5) is 11.5 Å². The maximum absolute atomic E-state index is 13.3. The summed E-state index contributed by atoms with van der Waals surface area (Å²) in [6.45, 7) is 10.9. The van der Waals surface area contributed by atoms with E-state index in [2.05, 4.69) is 48.0 Å². The first kappa shape index (κ1) is 23.9. The Bertz CT molecular complexity index is 1310. The summed E-state index contributed by atoms with van der Waals surface area (Å²) in [5.74, 6) is 2.91. The van der Waals surface area contributed by atoms with Crippen molar-refractivity contribution in [3.05, 3.63) is 75.9 Å². The third kappa shape index (κ3) is 4.82. The van der Waals surface area contributed by atoms with Gasteiger partial charge in [-0.15, -0.1) is 11.3 Å². The zero-order chi connectivity index (χ0) is 24.4. The van der Waals surface area contributed by atoms with Crippen LogP contribution in [0.25, 0.3) is 10.2 Å². The number of carbonyl (C=O) groups is 1. The molecule has 6 heteroatoms. The van der Waals surface area contributed by atoms with Gasteiger partial charge in [-0.2, -0.15) is 0 Å². The van der Waals surface area contributed by atoms with E-state index in [1.54, 1.807) is 0 Å². The minimum absolute atomic E-state index is 0.0946. The van der Waals surface area contributed by atoms with Crippen LogP contribution in [0.3, 0.4) is 0 Å². The molecule has 0 aliphatic carbocycles. The number of thiophene rings is 1. The quantitative estimate of drug-likeness (QED) is 0.257. The van der Waals surface area contributed by atoms with E-state index in [-0.39, 0.29) is 5.78 Å². The first-order chi connectivity index (χ1) is 16.3. The van der Waals surface area contributed by atoms with Gasteiger partial charge in [-0.25, -0.2) is 9.97 Å². The molecular weight excluding hydrogens is 442 g/mol. The van der Waals surface area contributed by atoms with Gasteiger partial charge in [0.2, 0.25) is 0 Å². The Morgan fingerprint density at radius 2 is 1.71 bits per heavy atom. The van der Waals surface area contributed by atoms with Crippen molar-refractivity contribution in [1.82, 2.24) is 9.97 Å². The molecule has 0 spiro atoms. The van der Waals surface area contributed by atoms with E-state index < -0.39 is 0 Å². The number of ether oxygens (including phenoxy) is 1. The van der Waals surface area contributed by atoms with Gasteiger partial charge in [0.15, 0.2) is 5.78 Å². The highest BCUT2D eigenvalue weighted by molar-refractivity contribution is 7.20. The monoisotopic (exact) mass is 473 g/mol. The molecule has 0 unspecified atom stereocenters. The maximum atomic E-state index is 13.3. The molecule has 2 heterocycles. The first-order valence-corrected chi connectivity index (χ1v) is 12.5. The number of anilines is 2. The van der Waals surface area contributed by atoms with Crippen molar-refractivity contribution in [2.24, 2.45) is 0 Å². The summed E-state index contributed by atoms with van der Waals surface area (Å²) in [6.07, 6.45) is 0.342. The van der Waals surface area contributed by atoms with Gasteiger partial charge < -0.3 is 9.64 Å². The number of aryl methyl sites for hydroxylation is 2. The van der Waals surface area contributed by atoms with Crippen molar-refractivity contribution in [2.75, 3.05) is 18.6 Å². The smallest absolute Gasteiger partial charge is 0.177 e. The first-order valence-electron chi connectivity index (χ1n) is 11.6. The molecule has 2 aromatic heterocycles. The highest BCUT2D eigenvalue weighted by Gasteiger charge is 2.22. The third-order valence-corrected chi connectivity index (χ3v) is 7.23. The van der Waals surface area contributed by atoms with Gasteiger partial charge in [-0.3, -0.25) is 4.79 Å². The molecule has 176 valence electrons. The molecule has 0 bridgehead atoms. The second kappa shape index (κ2) is 9.94. The SMILES string of the molecule is CCOc1ccc(CC(=O)c2sc3nc(C)nc(N(C)c4ccc(C(C)C)cc4)c3c2C)cc1. The van der Waals surface area contributed by atoms with E-state index in [1.165, 1.54) is 16.9 Å². The Kier molecular flexibility index (Phi) is 6.98. The number of carbonyl (C=O) groups excluding carboxylic acids is 1. The number of ketones is 1. The molecule has 0 atom stereocenters. The highest BCUT2D eigenvalue weighted by Crippen LogP contribution is 2.38. The van der Waals surface area contributed by atoms with Crippen molar-refractivity contribution in [2.45, 2.75) is 47.0 Å². The van der Waals surface area contributed by atoms with Gasteiger partial charge in [0.05, 0.1) is 16.9 Å². The molecule has 0 saturated heterocycles. The molecule has 0 radical (unpaired) electrons. The lowest BCUT2D eigenvalue weighted by atomic mass is 10.0. The lowest BCUT2D eigenvalue weighted by Crippen LogP contribution is -2.13. The van der Waals surface area contributed by atoms with Crippen LogP contribution < -0.4 is 9.64 Å². The number of aromatic nitrogens is 2. The van der Waals surface area contributed by atoms with Gasteiger partial charge in [-0.05, 0) is 67.6 Å². The molecule has 0 fully saturated rings. The number of hydrogen-bond donors (Lipinski definition) is 0. The third-order valence-electron chi connectivity index (χ3n) is 6.00. The molecule has 0 saturated carbocycles. The van der Waals surface area contributed by atoms with Crippen molar-refractivity contribution < 1.29 is 9.53 Å². The Morgan fingerprint density at radius 1 is 1.03 bits per heavy atom. The number of Topliss-reactive ketones (excluding diaryl/α,β-unsaturated/α-hetero) is 1. The van der Waals surface area contributed by atoms with Crippen molar-refractivity contribution in [1.29, 1.82) is 0 Å². The molecule has 0 N–H and O–H groups in total. The number of rotatable bonds is 8. The minimum atomic E-state index is 0.0946. The summed E-state index contributed by atoms with van der Waals surface area (Å²) in [5, 5.41) is 0.945. The topological polar surface area (TPSA) is 55.3 Å². The second-order valence-electron chi connectivity index (χ2n) is 8.81. The van der Waals surface area contributed by atoms with E-state index in [0.29, 0.717) is 24.8 Å². The largest absolute Gasteiger partial charge is 0.494 e. The van der Waals surface area contributed by atoms with Crippen LogP contribution in [-0.2, 0) is 6.42 Å². The molecule has 2 aromatic carbocycles. The van der Waals surface area contributed by atoms with Crippen LogP contribution in [-0.4, -0.2) is 29.4 Å². The number of nitrogens with zero attached hydrogens (tertiary/aromatic N) is 3. The summed E-state index contributed by atoms with van der Waals surface area (Å²) in [7, 11) is 2.02. The van der Waals surface area contributed by atoms with E-state index in [9.17, 15) is 4.79 Å². The van der Waals surface area contributed by atoms with Gasteiger partial charge in [0.25, 0.3) is 0 Å². The zero-order valence-corrected chi connectivity index (χ0v) is 21.5. The Balaban J connectivity index is 1.67. The molecule has 0 aliphatic rings. The molecule has 4 aromatic rings.